The van der Waals surface area contributed by atoms with Crippen LogP contribution in [0.15, 0.2) is 41.7 Å². The second-order valence-corrected chi connectivity index (χ2v) is 9.75. The average molecular weight is 509 g/mol. The Bertz CT molecular complexity index is 1220. The lowest BCUT2D eigenvalue weighted by atomic mass is 9.87. The molecule has 188 valence electrons. The zero-order valence-corrected chi connectivity index (χ0v) is 20.8. The van der Waals surface area contributed by atoms with Crippen molar-refractivity contribution >= 4 is 34.9 Å². The van der Waals surface area contributed by atoms with Gasteiger partial charge in [0.2, 0.25) is 0 Å². The first-order valence-corrected chi connectivity index (χ1v) is 12.4. The van der Waals surface area contributed by atoms with Gasteiger partial charge < -0.3 is 21.1 Å². The van der Waals surface area contributed by atoms with Crippen molar-refractivity contribution in [3.05, 3.63) is 58.4 Å². The van der Waals surface area contributed by atoms with E-state index >= 15 is 0 Å². The summed E-state index contributed by atoms with van der Waals surface area (Å²) in [5.74, 6) is -0.0687. The molecule has 4 N–H and O–H groups in total. The third-order valence-corrected chi connectivity index (χ3v) is 6.77. The number of nitrogens with zero attached hydrogens (tertiary/aromatic N) is 3. The maximum absolute atomic E-state index is 12.7. The molecule has 10 heteroatoms. The number of aliphatic hydroxyl groups is 1. The Hall–Kier alpha value is -3.48. The summed E-state index contributed by atoms with van der Waals surface area (Å²) in [6.07, 6.45) is 5.09. The molecule has 2 heterocycles. The highest BCUT2D eigenvalue weighted by Crippen LogP contribution is 2.48. The molecule has 4 rings (SSSR count). The van der Waals surface area contributed by atoms with Gasteiger partial charge in [-0.15, -0.1) is 0 Å². The Labute approximate surface area is 215 Å². The molecule has 1 aromatic carbocycles. The average Bonchev–Trinajstić information content (AvgIpc) is 3.68. The fourth-order valence-electron chi connectivity index (χ4n) is 4.22. The van der Waals surface area contributed by atoms with E-state index in [1.807, 2.05) is 25.1 Å². The van der Waals surface area contributed by atoms with Crippen LogP contribution in [0.3, 0.4) is 0 Å². The lowest BCUT2D eigenvalue weighted by Gasteiger charge is -2.20. The molecule has 1 aromatic heterocycles. The number of ketones is 1. The molecule has 2 aliphatic rings. The highest BCUT2D eigenvalue weighted by atomic mass is 35.5. The van der Waals surface area contributed by atoms with Crippen LogP contribution in [0.1, 0.15) is 60.0 Å². The maximum Gasteiger partial charge on any atom is 0.253 e. The van der Waals surface area contributed by atoms with E-state index in [0.29, 0.717) is 35.3 Å². The number of aliphatic imine (C=N–C) groups is 1. The SMILES string of the molecule is CC[C@H](CC(=O)CNC(=O)c1cncc(NC2=NCC(O)CN2)c1)c1cc(Cl)cc(C2(C#N)CC2)c1. The van der Waals surface area contributed by atoms with Gasteiger partial charge >= 0.3 is 0 Å². The lowest BCUT2D eigenvalue weighted by molar-refractivity contribution is -0.118. The number of amides is 1. The summed E-state index contributed by atoms with van der Waals surface area (Å²) in [5, 5.41) is 28.3. The fourth-order valence-corrected chi connectivity index (χ4v) is 4.47. The largest absolute Gasteiger partial charge is 0.389 e. The number of nitrogens with one attached hydrogen (secondary N) is 3. The van der Waals surface area contributed by atoms with Gasteiger partial charge in [0.25, 0.3) is 5.91 Å². The van der Waals surface area contributed by atoms with E-state index in [1.165, 1.54) is 6.20 Å². The summed E-state index contributed by atoms with van der Waals surface area (Å²) >= 11 is 6.34. The Morgan fingerprint density at radius 3 is 2.78 bits per heavy atom. The molecule has 2 aromatic rings. The molecular weight excluding hydrogens is 480 g/mol. The predicted molar refractivity (Wildman–Crippen MR) is 137 cm³/mol. The smallest absolute Gasteiger partial charge is 0.253 e. The number of carbonyl (C=O) groups excluding carboxylic acids is 2. The van der Waals surface area contributed by atoms with Crippen molar-refractivity contribution in [1.82, 2.24) is 15.6 Å². The molecule has 0 radical (unpaired) electrons. The standard InChI is InChI=1S/C26H29ClN6O3/c1-2-16(17-5-19(9-20(27)6-17)26(15-28)3-4-26)8-22(34)12-30-24(36)18-7-21(11-29-10-18)33-25-31-13-23(35)14-32-25/h5-7,9-11,16,23,35H,2-4,8,12-14H2,1H3,(H,30,36)(H2,31,32,33)/t16-/m1/s1. The van der Waals surface area contributed by atoms with Gasteiger partial charge in [-0.3, -0.25) is 19.6 Å². The van der Waals surface area contributed by atoms with Crippen molar-refractivity contribution in [2.45, 2.75) is 50.0 Å². The van der Waals surface area contributed by atoms with Crippen LogP contribution in [0.5, 0.6) is 0 Å². The van der Waals surface area contributed by atoms with Crippen LogP contribution < -0.4 is 16.0 Å². The molecular formula is C26H29ClN6O3. The third-order valence-electron chi connectivity index (χ3n) is 6.55. The van der Waals surface area contributed by atoms with Crippen LogP contribution in [-0.2, 0) is 10.2 Å². The molecule has 0 bridgehead atoms. The predicted octanol–water partition coefficient (Wildman–Crippen LogP) is 2.90. The molecule has 0 spiro atoms. The number of hydrogen-bond donors (Lipinski definition) is 4. The van der Waals surface area contributed by atoms with Gasteiger partial charge in [-0.2, -0.15) is 5.26 Å². The van der Waals surface area contributed by atoms with Gasteiger partial charge in [-0.25, -0.2) is 0 Å². The molecule has 1 saturated carbocycles. The zero-order chi connectivity index (χ0) is 25.7. The minimum atomic E-state index is -0.524. The van der Waals surface area contributed by atoms with Gasteiger partial charge in [-0.1, -0.05) is 24.6 Å². The van der Waals surface area contributed by atoms with Crippen LogP contribution in [0.4, 0.5) is 5.69 Å². The Kier molecular flexibility index (Phi) is 7.87. The van der Waals surface area contributed by atoms with E-state index in [9.17, 15) is 20.0 Å². The summed E-state index contributed by atoms with van der Waals surface area (Å²) in [7, 11) is 0. The fraction of sp³-hybridized carbons (Fsp3) is 0.423. The van der Waals surface area contributed by atoms with Gasteiger partial charge in [-0.05, 0) is 54.5 Å². The van der Waals surface area contributed by atoms with Gasteiger partial charge in [0.05, 0.1) is 48.1 Å². The Balaban J connectivity index is 1.34. The number of aliphatic hydroxyl groups excluding tert-OH is 1. The number of guanidine groups is 1. The number of nitriles is 1. The summed E-state index contributed by atoms with van der Waals surface area (Å²) in [6.45, 7) is 2.58. The van der Waals surface area contributed by atoms with Gasteiger partial charge in [0.1, 0.15) is 0 Å². The van der Waals surface area contributed by atoms with Crippen LogP contribution in [0, 0.1) is 11.3 Å². The second kappa shape index (κ2) is 11.1. The molecule has 1 unspecified atom stereocenters. The number of benzene rings is 1. The van der Waals surface area contributed by atoms with E-state index in [-0.39, 0.29) is 24.7 Å². The molecule has 9 nitrogen and oxygen atoms in total. The van der Waals surface area contributed by atoms with Crippen molar-refractivity contribution in [3.63, 3.8) is 0 Å². The number of β-amino-alcohol motifs (C(OH)–C–C–N with tert-alkyl or cyclic N) is 1. The highest BCUT2D eigenvalue weighted by molar-refractivity contribution is 6.30. The summed E-state index contributed by atoms with van der Waals surface area (Å²) in [5.41, 5.74) is 2.27. The van der Waals surface area contributed by atoms with Crippen molar-refractivity contribution in [2.24, 2.45) is 4.99 Å². The van der Waals surface area contributed by atoms with E-state index in [1.54, 1.807) is 12.3 Å². The van der Waals surface area contributed by atoms with Crippen molar-refractivity contribution in [3.8, 4) is 6.07 Å². The van der Waals surface area contributed by atoms with E-state index in [0.717, 1.165) is 30.4 Å². The number of hydrogen-bond acceptors (Lipinski definition) is 8. The number of rotatable bonds is 9. The summed E-state index contributed by atoms with van der Waals surface area (Å²) < 4.78 is 0. The molecule has 1 amide bonds. The molecule has 1 fully saturated rings. The molecule has 2 atom stereocenters. The summed E-state index contributed by atoms with van der Waals surface area (Å²) in [6, 6.07) is 9.71. The van der Waals surface area contributed by atoms with Crippen molar-refractivity contribution < 1.29 is 14.7 Å². The first-order chi connectivity index (χ1) is 17.3. The first kappa shape index (κ1) is 25.6. The van der Waals surface area contributed by atoms with Gasteiger partial charge in [0.15, 0.2) is 11.7 Å². The zero-order valence-electron chi connectivity index (χ0n) is 20.1. The van der Waals surface area contributed by atoms with Crippen LogP contribution in [0.25, 0.3) is 0 Å². The van der Waals surface area contributed by atoms with E-state index in [2.05, 4.69) is 32.0 Å². The molecule has 36 heavy (non-hydrogen) atoms. The first-order valence-electron chi connectivity index (χ1n) is 12.0. The quantitative estimate of drug-likeness (QED) is 0.408. The minimum Gasteiger partial charge on any atom is -0.389 e. The maximum atomic E-state index is 12.7. The topological polar surface area (TPSA) is 140 Å². The number of aromatic nitrogens is 1. The van der Waals surface area contributed by atoms with Crippen LogP contribution in [0.2, 0.25) is 5.02 Å². The van der Waals surface area contributed by atoms with E-state index in [4.69, 9.17) is 11.6 Å². The van der Waals surface area contributed by atoms with Gasteiger partial charge in [0, 0.05) is 24.2 Å². The normalized spacial score (nSPS) is 18.7. The van der Waals surface area contributed by atoms with Crippen molar-refractivity contribution in [2.75, 3.05) is 25.0 Å². The van der Waals surface area contributed by atoms with Crippen molar-refractivity contribution in [1.29, 1.82) is 5.26 Å². The van der Waals surface area contributed by atoms with E-state index < -0.39 is 17.4 Å². The number of pyridine rings is 1. The number of Topliss-reactive ketones (excluding diaryl/α,β-unsaturated/α-hetero) is 1. The highest BCUT2D eigenvalue weighted by Gasteiger charge is 2.45. The number of anilines is 1. The molecule has 1 aliphatic carbocycles. The second-order valence-electron chi connectivity index (χ2n) is 9.31. The summed E-state index contributed by atoms with van der Waals surface area (Å²) in [4.78, 5) is 33.7. The third kappa shape index (κ3) is 6.20. The lowest BCUT2D eigenvalue weighted by Crippen LogP contribution is -2.42. The van der Waals surface area contributed by atoms with Crippen LogP contribution >= 0.6 is 11.6 Å². The molecule has 0 saturated heterocycles. The monoisotopic (exact) mass is 508 g/mol. The van der Waals surface area contributed by atoms with Crippen LogP contribution in [-0.4, -0.2) is 53.5 Å². The Morgan fingerprint density at radius 2 is 2.11 bits per heavy atom. The minimum absolute atomic E-state index is 0.0576. The molecule has 1 aliphatic heterocycles. The Morgan fingerprint density at radius 1 is 1.31 bits per heavy atom. The number of halogens is 1. The number of carbonyl (C=O) groups is 2.